The van der Waals surface area contributed by atoms with E-state index in [2.05, 4.69) is 22.0 Å². The van der Waals surface area contributed by atoms with E-state index in [4.69, 9.17) is 10.2 Å². The Bertz CT molecular complexity index is 1030. The first-order chi connectivity index (χ1) is 13.6. The summed E-state index contributed by atoms with van der Waals surface area (Å²) in [6.07, 6.45) is 10.1. The van der Waals surface area contributed by atoms with Crippen LogP contribution in [0.3, 0.4) is 0 Å². The fourth-order valence-electron chi connectivity index (χ4n) is 3.98. The van der Waals surface area contributed by atoms with Crippen molar-refractivity contribution in [2.75, 3.05) is 13.1 Å². The second-order valence-corrected chi connectivity index (χ2v) is 8.96. The lowest BCUT2D eigenvalue weighted by Crippen LogP contribution is -2.42. The molecule has 1 aromatic heterocycles. The third-order valence-electron chi connectivity index (χ3n) is 5.56. The number of hydrogen-bond acceptors (Lipinski definition) is 5. The molecular weight excluding hydrogens is 371 g/mol. The van der Waals surface area contributed by atoms with Crippen LogP contribution in [0.2, 0.25) is 0 Å². The van der Waals surface area contributed by atoms with Crippen LogP contribution in [0.25, 0.3) is 16.4 Å². The quantitative estimate of drug-likeness (QED) is 0.792. The molecule has 1 fully saturated rings. The van der Waals surface area contributed by atoms with Crippen LogP contribution in [-0.4, -0.2) is 45.6 Å². The molecule has 1 aromatic carbocycles. The number of piperidine rings is 1. The van der Waals surface area contributed by atoms with Gasteiger partial charge in [-0.1, -0.05) is 20.7 Å². The highest BCUT2D eigenvalue weighted by atomic mass is 31.1. The Hall–Kier alpha value is -2.43. The molecule has 4 heterocycles. The predicted molar refractivity (Wildman–Crippen MR) is 112 cm³/mol. The number of carbonyl (C=O) groups excluding carboxylic acids is 1. The lowest BCUT2D eigenvalue weighted by molar-refractivity contribution is -0.123. The summed E-state index contributed by atoms with van der Waals surface area (Å²) in [5.41, 5.74) is 9.77. The molecule has 0 radical (unpaired) electrons. The fraction of sp³-hybridized carbons (Fsp3) is 0.333. The van der Waals surface area contributed by atoms with Crippen molar-refractivity contribution in [3.63, 3.8) is 0 Å². The summed E-state index contributed by atoms with van der Waals surface area (Å²) in [7, 11) is 0.493. The van der Waals surface area contributed by atoms with E-state index in [1.54, 1.807) is 6.08 Å². The van der Waals surface area contributed by atoms with Crippen molar-refractivity contribution in [1.29, 1.82) is 0 Å². The topological polar surface area (TPSA) is 75.6 Å². The van der Waals surface area contributed by atoms with Crippen LogP contribution in [0.1, 0.15) is 24.3 Å². The van der Waals surface area contributed by atoms with Crippen LogP contribution in [0.4, 0.5) is 0 Å². The van der Waals surface area contributed by atoms with Crippen LogP contribution in [0.5, 0.6) is 0 Å². The van der Waals surface area contributed by atoms with Gasteiger partial charge in [0, 0.05) is 38.3 Å². The van der Waals surface area contributed by atoms with E-state index < -0.39 is 0 Å². The van der Waals surface area contributed by atoms with E-state index in [1.165, 1.54) is 0 Å². The maximum atomic E-state index is 12.9. The highest BCUT2D eigenvalue weighted by Crippen LogP contribution is 2.45. The number of nitrogens with zero attached hydrogens (tertiary/aromatic N) is 3. The summed E-state index contributed by atoms with van der Waals surface area (Å²) in [5.74, 6) is 0.764. The van der Waals surface area contributed by atoms with Crippen molar-refractivity contribution in [2.45, 2.75) is 31.6 Å². The average Bonchev–Trinajstić information content (AvgIpc) is 3.07. The molecule has 1 saturated heterocycles. The number of fused-ring (bicyclic) bond motifs is 2. The molecule has 3 aliphatic heterocycles. The van der Waals surface area contributed by atoms with Gasteiger partial charge in [0.25, 0.3) is 5.91 Å². The molecule has 0 spiro atoms. The lowest BCUT2D eigenvalue weighted by atomic mass is 10.1. The van der Waals surface area contributed by atoms with Crippen molar-refractivity contribution in [3.8, 4) is 0 Å². The molecule has 1 amide bonds. The standard InChI is InChI=1S/C21H23N4O2P/c1-13-23-17-4-2-14(10-18(17)27-13)19-11-20(26)25-12-16(3-5-21(25)28-19)24-8-6-15(22)7-9-24/h2-5,10-12,15,21,28H,6-9,22H2,1H3. The molecule has 2 aromatic rings. The van der Waals surface area contributed by atoms with Gasteiger partial charge in [0.2, 0.25) is 0 Å². The third kappa shape index (κ3) is 3.17. The van der Waals surface area contributed by atoms with Gasteiger partial charge in [-0.05, 0) is 41.9 Å². The van der Waals surface area contributed by atoms with E-state index in [-0.39, 0.29) is 11.7 Å². The number of rotatable bonds is 2. The average molecular weight is 394 g/mol. The number of oxazole rings is 1. The van der Waals surface area contributed by atoms with Gasteiger partial charge in [0.1, 0.15) is 5.52 Å². The molecule has 28 heavy (non-hydrogen) atoms. The van der Waals surface area contributed by atoms with Crippen molar-refractivity contribution in [3.05, 3.63) is 59.8 Å². The van der Waals surface area contributed by atoms with E-state index in [9.17, 15) is 4.79 Å². The SMILES string of the molecule is Cc1nc2ccc(C3=CC(=O)N4C=C(N5CCC(N)CC5)C=CC4P3)cc2o1. The Labute approximate surface area is 165 Å². The molecule has 7 heteroatoms. The first kappa shape index (κ1) is 17.7. The number of hydrogen-bond donors (Lipinski definition) is 1. The van der Waals surface area contributed by atoms with Gasteiger partial charge < -0.3 is 20.0 Å². The normalized spacial score (nSPS) is 23.9. The predicted octanol–water partition coefficient (Wildman–Crippen LogP) is 3.16. The minimum atomic E-state index is 0.0307. The molecule has 0 aliphatic carbocycles. The molecule has 6 nitrogen and oxygen atoms in total. The number of amides is 1. The zero-order chi connectivity index (χ0) is 19.3. The maximum Gasteiger partial charge on any atom is 0.252 e. The smallest absolute Gasteiger partial charge is 0.252 e. The Balaban J connectivity index is 1.40. The fourth-order valence-corrected chi connectivity index (χ4v) is 5.37. The van der Waals surface area contributed by atoms with Crippen LogP contribution in [0, 0.1) is 6.92 Å². The molecule has 2 atom stereocenters. The van der Waals surface area contributed by atoms with E-state index >= 15 is 0 Å². The Morgan fingerprint density at radius 1 is 1.29 bits per heavy atom. The molecule has 0 saturated carbocycles. The van der Waals surface area contributed by atoms with Crippen molar-refractivity contribution < 1.29 is 9.21 Å². The molecule has 0 bridgehead atoms. The van der Waals surface area contributed by atoms with Crippen LogP contribution in [0.15, 0.2) is 52.7 Å². The summed E-state index contributed by atoms with van der Waals surface area (Å²) in [4.78, 5) is 21.4. The van der Waals surface area contributed by atoms with Gasteiger partial charge in [-0.3, -0.25) is 4.79 Å². The Kier molecular flexibility index (Phi) is 4.33. The van der Waals surface area contributed by atoms with Gasteiger partial charge in [-0.25, -0.2) is 4.98 Å². The van der Waals surface area contributed by atoms with E-state index in [1.807, 2.05) is 36.2 Å². The van der Waals surface area contributed by atoms with E-state index in [0.29, 0.717) is 20.5 Å². The van der Waals surface area contributed by atoms with Crippen molar-refractivity contribution in [1.82, 2.24) is 14.8 Å². The number of allylic oxidation sites excluding steroid dienone is 1. The summed E-state index contributed by atoms with van der Waals surface area (Å²) in [5, 5.41) is 1.06. The monoisotopic (exact) mass is 394 g/mol. The number of benzene rings is 1. The van der Waals surface area contributed by atoms with Crippen molar-refractivity contribution >= 4 is 30.9 Å². The first-order valence-corrected chi connectivity index (χ1v) is 10.7. The summed E-state index contributed by atoms with van der Waals surface area (Å²) in [6, 6.07) is 6.27. The van der Waals surface area contributed by atoms with Crippen molar-refractivity contribution in [2.24, 2.45) is 5.73 Å². The molecule has 2 N–H and O–H groups in total. The number of aryl methyl sites for hydroxylation is 1. The third-order valence-corrected chi connectivity index (χ3v) is 7.07. The second kappa shape index (κ2) is 6.87. The van der Waals surface area contributed by atoms with Gasteiger partial charge in [-0.15, -0.1) is 0 Å². The number of aromatic nitrogens is 1. The van der Waals surface area contributed by atoms with Gasteiger partial charge >= 0.3 is 0 Å². The zero-order valence-corrected chi connectivity index (χ0v) is 16.8. The maximum absolute atomic E-state index is 12.9. The van der Waals surface area contributed by atoms with Crippen LogP contribution >= 0.6 is 8.58 Å². The second-order valence-electron chi connectivity index (χ2n) is 7.55. The minimum absolute atomic E-state index is 0.0307. The number of nitrogens with two attached hydrogens (primary N) is 1. The largest absolute Gasteiger partial charge is 0.441 e. The number of carbonyl (C=O) groups is 1. The highest BCUT2D eigenvalue weighted by Gasteiger charge is 2.30. The minimum Gasteiger partial charge on any atom is -0.441 e. The van der Waals surface area contributed by atoms with E-state index in [0.717, 1.165) is 53.6 Å². The van der Waals surface area contributed by atoms with Crippen LogP contribution in [-0.2, 0) is 4.79 Å². The molecule has 3 aliphatic rings. The highest BCUT2D eigenvalue weighted by molar-refractivity contribution is 7.51. The first-order valence-electron chi connectivity index (χ1n) is 9.65. The zero-order valence-electron chi connectivity index (χ0n) is 15.8. The molecule has 2 unspecified atom stereocenters. The Morgan fingerprint density at radius 2 is 2.11 bits per heavy atom. The number of likely N-dealkylation sites (tertiary alicyclic amines) is 1. The summed E-state index contributed by atoms with van der Waals surface area (Å²) >= 11 is 0. The molecule has 5 rings (SSSR count). The molecule has 144 valence electrons. The summed E-state index contributed by atoms with van der Waals surface area (Å²) < 4.78 is 5.65. The van der Waals surface area contributed by atoms with Gasteiger partial charge in [0.15, 0.2) is 11.5 Å². The lowest BCUT2D eigenvalue weighted by Gasteiger charge is -2.38. The Morgan fingerprint density at radius 3 is 2.93 bits per heavy atom. The molecular formula is C21H23N4O2P. The van der Waals surface area contributed by atoms with Crippen LogP contribution < -0.4 is 5.73 Å². The summed E-state index contributed by atoms with van der Waals surface area (Å²) in [6.45, 7) is 3.74. The van der Waals surface area contributed by atoms with Gasteiger partial charge in [-0.2, -0.15) is 0 Å². The van der Waals surface area contributed by atoms with Gasteiger partial charge in [0.05, 0.1) is 11.5 Å².